The molecule has 1 aromatic rings. The molecule has 0 saturated heterocycles. The molecule has 2 N–H and O–H groups in total. The summed E-state index contributed by atoms with van der Waals surface area (Å²) < 4.78 is 0. The fourth-order valence-corrected chi connectivity index (χ4v) is 1.16. The van der Waals surface area contributed by atoms with E-state index in [2.05, 4.69) is 4.99 Å². The summed E-state index contributed by atoms with van der Waals surface area (Å²) in [5.41, 5.74) is 1.47. The largest absolute Gasteiger partial charge is 0.480 e. The van der Waals surface area contributed by atoms with Crippen LogP contribution in [0.25, 0.3) is 0 Å². The third-order valence-corrected chi connectivity index (χ3v) is 2.00. The van der Waals surface area contributed by atoms with Gasteiger partial charge in [0, 0.05) is 5.71 Å². The molecule has 0 amide bonds. The zero-order chi connectivity index (χ0) is 11.3. The van der Waals surface area contributed by atoms with E-state index in [1.807, 2.05) is 30.3 Å². The Bertz CT molecular complexity index is 359. The Hall–Kier alpha value is -1.68. The Balaban J connectivity index is 2.88. The minimum Gasteiger partial charge on any atom is -0.480 e. The van der Waals surface area contributed by atoms with E-state index < -0.39 is 18.6 Å². The lowest BCUT2D eigenvalue weighted by Gasteiger charge is -2.06. The summed E-state index contributed by atoms with van der Waals surface area (Å²) in [6.07, 6.45) is 0. The number of benzene rings is 1. The summed E-state index contributed by atoms with van der Waals surface area (Å²) >= 11 is 0. The van der Waals surface area contributed by atoms with Gasteiger partial charge >= 0.3 is 5.97 Å². The van der Waals surface area contributed by atoms with E-state index in [4.69, 9.17) is 10.2 Å². The summed E-state index contributed by atoms with van der Waals surface area (Å²) in [5, 5.41) is 17.5. The van der Waals surface area contributed by atoms with Gasteiger partial charge < -0.3 is 10.2 Å². The molecule has 0 aliphatic carbocycles. The second kappa shape index (κ2) is 5.26. The van der Waals surface area contributed by atoms with E-state index in [0.717, 1.165) is 5.56 Å². The lowest BCUT2D eigenvalue weighted by molar-refractivity contribution is -0.139. The molecule has 0 saturated carbocycles. The molecule has 0 heterocycles. The van der Waals surface area contributed by atoms with Crippen molar-refractivity contribution in [2.24, 2.45) is 4.99 Å². The van der Waals surface area contributed by atoms with Crippen LogP contribution in [0.2, 0.25) is 0 Å². The van der Waals surface area contributed by atoms with Gasteiger partial charge in [-0.05, 0) is 12.5 Å². The van der Waals surface area contributed by atoms with Gasteiger partial charge in [0.05, 0.1) is 6.61 Å². The summed E-state index contributed by atoms with van der Waals surface area (Å²) in [5.74, 6) is -1.12. The molecule has 0 fully saturated rings. The van der Waals surface area contributed by atoms with Gasteiger partial charge in [-0.2, -0.15) is 0 Å². The van der Waals surface area contributed by atoms with Gasteiger partial charge in [-0.1, -0.05) is 30.3 Å². The topological polar surface area (TPSA) is 69.9 Å². The van der Waals surface area contributed by atoms with Crippen molar-refractivity contribution in [3.63, 3.8) is 0 Å². The highest BCUT2D eigenvalue weighted by molar-refractivity contribution is 5.99. The van der Waals surface area contributed by atoms with Gasteiger partial charge in [-0.3, -0.25) is 4.99 Å². The Morgan fingerprint density at radius 3 is 2.47 bits per heavy atom. The zero-order valence-electron chi connectivity index (χ0n) is 8.42. The molecule has 15 heavy (non-hydrogen) atoms. The lowest BCUT2D eigenvalue weighted by Crippen LogP contribution is -2.23. The number of aliphatic carboxylic acids is 1. The Kier molecular flexibility index (Phi) is 4.00. The number of aliphatic hydroxyl groups excluding tert-OH is 1. The maximum absolute atomic E-state index is 10.6. The molecule has 1 rings (SSSR count). The van der Waals surface area contributed by atoms with E-state index in [-0.39, 0.29) is 0 Å². The van der Waals surface area contributed by atoms with Crippen LogP contribution >= 0.6 is 0 Å². The number of carboxylic acids is 1. The first-order valence-electron chi connectivity index (χ1n) is 4.58. The van der Waals surface area contributed by atoms with Gasteiger partial charge in [-0.25, -0.2) is 4.79 Å². The van der Waals surface area contributed by atoms with Crippen LogP contribution in [0, 0.1) is 0 Å². The molecule has 4 heteroatoms. The van der Waals surface area contributed by atoms with Crippen LogP contribution in [0.3, 0.4) is 0 Å². The van der Waals surface area contributed by atoms with Gasteiger partial charge in [0.1, 0.15) is 0 Å². The number of hydrogen-bond donors (Lipinski definition) is 2. The van der Waals surface area contributed by atoms with E-state index in [9.17, 15) is 4.79 Å². The maximum atomic E-state index is 10.6. The van der Waals surface area contributed by atoms with Crippen LogP contribution in [0.5, 0.6) is 0 Å². The average Bonchev–Trinajstić information content (AvgIpc) is 2.26. The summed E-state index contributed by atoms with van der Waals surface area (Å²) in [6, 6.07) is 8.18. The fourth-order valence-electron chi connectivity index (χ4n) is 1.16. The van der Waals surface area contributed by atoms with E-state index in [0.29, 0.717) is 5.71 Å². The highest BCUT2D eigenvalue weighted by Gasteiger charge is 2.14. The van der Waals surface area contributed by atoms with E-state index in [1.165, 1.54) is 0 Å². The predicted molar refractivity (Wildman–Crippen MR) is 57.2 cm³/mol. The fraction of sp³-hybridized carbons (Fsp3) is 0.273. The van der Waals surface area contributed by atoms with Gasteiger partial charge in [0.15, 0.2) is 6.04 Å². The molecular formula is C11H13NO3. The molecule has 1 aromatic carbocycles. The zero-order valence-corrected chi connectivity index (χ0v) is 8.42. The second-order valence-corrected chi connectivity index (χ2v) is 3.12. The van der Waals surface area contributed by atoms with Crippen molar-refractivity contribution in [3.8, 4) is 0 Å². The smallest absolute Gasteiger partial charge is 0.330 e. The number of aliphatic imine (C=N–C) groups is 1. The van der Waals surface area contributed by atoms with Crippen LogP contribution in [0.4, 0.5) is 0 Å². The number of nitrogens with zero attached hydrogens (tertiary/aromatic N) is 1. The monoisotopic (exact) mass is 207 g/mol. The van der Waals surface area contributed by atoms with Crippen LogP contribution in [-0.2, 0) is 4.79 Å². The second-order valence-electron chi connectivity index (χ2n) is 3.12. The SMILES string of the molecule is CC(=NC(CO)C(=O)O)c1ccccc1. The minimum absolute atomic E-state index is 0.487. The van der Waals surface area contributed by atoms with Gasteiger partial charge in [0.2, 0.25) is 0 Å². The number of aliphatic hydroxyl groups is 1. The van der Waals surface area contributed by atoms with Crippen LogP contribution < -0.4 is 0 Å². The Morgan fingerprint density at radius 2 is 2.00 bits per heavy atom. The molecule has 0 aliphatic heterocycles. The first-order chi connectivity index (χ1) is 7.15. The summed E-state index contributed by atoms with van der Waals surface area (Å²) in [7, 11) is 0. The van der Waals surface area contributed by atoms with Crippen LogP contribution in [-0.4, -0.2) is 34.5 Å². The third kappa shape index (κ3) is 3.18. The highest BCUT2D eigenvalue weighted by Crippen LogP contribution is 2.03. The number of hydrogen-bond acceptors (Lipinski definition) is 3. The Labute approximate surface area is 87.9 Å². The minimum atomic E-state index is -1.12. The molecule has 0 aromatic heterocycles. The van der Waals surface area contributed by atoms with E-state index >= 15 is 0 Å². The van der Waals surface area contributed by atoms with Crippen molar-refractivity contribution in [2.45, 2.75) is 13.0 Å². The van der Waals surface area contributed by atoms with Crippen molar-refractivity contribution in [1.29, 1.82) is 0 Å². The predicted octanol–water partition coefficient (Wildman–Crippen LogP) is 0.941. The number of carboxylic acid groups (broad SMARTS) is 1. The molecule has 0 aliphatic rings. The summed E-state index contributed by atoms with van der Waals surface area (Å²) in [6.45, 7) is 1.24. The normalized spacial score (nSPS) is 13.6. The molecule has 0 bridgehead atoms. The summed E-state index contributed by atoms with van der Waals surface area (Å²) in [4.78, 5) is 14.6. The lowest BCUT2D eigenvalue weighted by atomic mass is 10.1. The third-order valence-electron chi connectivity index (χ3n) is 2.00. The molecule has 4 nitrogen and oxygen atoms in total. The van der Waals surface area contributed by atoms with Crippen molar-refractivity contribution >= 4 is 11.7 Å². The van der Waals surface area contributed by atoms with Crippen LogP contribution in [0.1, 0.15) is 12.5 Å². The van der Waals surface area contributed by atoms with Crippen molar-refractivity contribution in [2.75, 3.05) is 6.61 Å². The Morgan fingerprint density at radius 1 is 1.40 bits per heavy atom. The quantitative estimate of drug-likeness (QED) is 0.722. The molecule has 0 radical (unpaired) electrons. The van der Waals surface area contributed by atoms with Crippen molar-refractivity contribution in [1.82, 2.24) is 0 Å². The average molecular weight is 207 g/mol. The first-order valence-corrected chi connectivity index (χ1v) is 4.58. The molecule has 0 spiro atoms. The molecular weight excluding hydrogens is 194 g/mol. The number of carbonyl (C=O) groups is 1. The standard InChI is InChI=1S/C11H13NO3/c1-8(9-5-3-2-4-6-9)12-10(7-13)11(14)15/h2-6,10,13H,7H2,1H3,(H,14,15). The molecule has 80 valence electrons. The maximum Gasteiger partial charge on any atom is 0.330 e. The first kappa shape index (κ1) is 11.4. The van der Waals surface area contributed by atoms with Gasteiger partial charge in [0.25, 0.3) is 0 Å². The van der Waals surface area contributed by atoms with E-state index in [1.54, 1.807) is 6.92 Å². The molecule has 1 atom stereocenters. The van der Waals surface area contributed by atoms with Crippen molar-refractivity contribution < 1.29 is 15.0 Å². The molecule has 1 unspecified atom stereocenters. The number of rotatable bonds is 4. The highest BCUT2D eigenvalue weighted by atomic mass is 16.4. The van der Waals surface area contributed by atoms with Crippen LogP contribution in [0.15, 0.2) is 35.3 Å². The van der Waals surface area contributed by atoms with Gasteiger partial charge in [-0.15, -0.1) is 0 Å². The van der Waals surface area contributed by atoms with Crippen molar-refractivity contribution in [3.05, 3.63) is 35.9 Å².